The van der Waals surface area contributed by atoms with Crippen molar-refractivity contribution in [2.75, 3.05) is 5.32 Å². The maximum Gasteiger partial charge on any atom is 0.269 e. The Hall–Kier alpha value is -3.31. The van der Waals surface area contributed by atoms with Gasteiger partial charge < -0.3 is 10.1 Å². The number of nitro groups is 1. The molecule has 32 heavy (non-hydrogen) atoms. The molecule has 5 nitrogen and oxygen atoms in total. The van der Waals surface area contributed by atoms with Crippen molar-refractivity contribution < 1.29 is 9.66 Å². The molecule has 0 saturated heterocycles. The molecule has 0 unspecified atom stereocenters. The molecule has 0 radical (unpaired) electrons. The SMILES string of the molecule is Cc1ccc(Cl)c2c1N[C@@H](c1ccc(OCc3ccc([N+](=O)[O-])cc3)cc1)[C@H]1CC=C[C@@H]21. The van der Waals surface area contributed by atoms with Crippen LogP contribution in [-0.4, -0.2) is 4.92 Å². The van der Waals surface area contributed by atoms with Crippen molar-refractivity contribution in [3.8, 4) is 5.75 Å². The minimum atomic E-state index is -0.402. The summed E-state index contributed by atoms with van der Waals surface area (Å²) in [4.78, 5) is 10.4. The van der Waals surface area contributed by atoms with Crippen LogP contribution in [-0.2, 0) is 6.61 Å². The van der Waals surface area contributed by atoms with E-state index in [0.717, 1.165) is 28.4 Å². The number of fused-ring (bicyclic) bond motifs is 3. The lowest BCUT2D eigenvalue weighted by molar-refractivity contribution is -0.384. The van der Waals surface area contributed by atoms with Crippen molar-refractivity contribution in [3.05, 3.63) is 110 Å². The molecule has 5 rings (SSSR count). The van der Waals surface area contributed by atoms with E-state index in [1.165, 1.54) is 28.8 Å². The number of nitrogens with zero attached hydrogens (tertiary/aromatic N) is 1. The number of hydrogen-bond donors (Lipinski definition) is 1. The number of ether oxygens (including phenoxy) is 1. The number of nitrogens with one attached hydrogen (secondary N) is 1. The number of halogens is 1. The molecule has 0 amide bonds. The Bertz CT molecular complexity index is 1190. The third kappa shape index (κ3) is 3.73. The minimum absolute atomic E-state index is 0.0795. The first-order chi connectivity index (χ1) is 15.5. The first-order valence-electron chi connectivity index (χ1n) is 10.7. The molecular formula is C26H23ClN2O3. The van der Waals surface area contributed by atoms with Crippen molar-refractivity contribution >= 4 is 23.0 Å². The van der Waals surface area contributed by atoms with Crippen LogP contribution in [0.25, 0.3) is 0 Å². The molecule has 0 bridgehead atoms. The average Bonchev–Trinajstić information content (AvgIpc) is 3.30. The fourth-order valence-corrected chi connectivity index (χ4v) is 5.07. The van der Waals surface area contributed by atoms with Crippen LogP contribution in [0.3, 0.4) is 0 Å². The molecule has 1 N–H and O–H groups in total. The normalized spacial score (nSPS) is 20.9. The molecule has 1 aliphatic heterocycles. The molecule has 1 heterocycles. The Morgan fingerprint density at radius 3 is 2.56 bits per heavy atom. The highest BCUT2D eigenvalue weighted by atomic mass is 35.5. The molecule has 6 heteroatoms. The standard InChI is InChI=1S/C26H23ClN2O3/c1-16-5-14-23(27)24-21-3-2-4-22(21)26(28-25(16)24)18-8-12-20(13-9-18)32-15-17-6-10-19(11-7-17)29(30)31/h2-3,5-14,21-22,26,28H,4,15H2,1H3/t21-,22+,26+/m1/s1. The van der Waals surface area contributed by atoms with Crippen molar-refractivity contribution in [3.63, 3.8) is 0 Å². The van der Waals surface area contributed by atoms with Gasteiger partial charge in [-0.1, -0.05) is 42.0 Å². The van der Waals surface area contributed by atoms with E-state index in [-0.39, 0.29) is 11.7 Å². The highest BCUT2D eigenvalue weighted by Crippen LogP contribution is 2.52. The zero-order valence-electron chi connectivity index (χ0n) is 17.6. The second kappa shape index (κ2) is 8.32. The maximum atomic E-state index is 10.8. The van der Waals surface area contributed by atoms with E-state index in [0.29, 0.717) is 18.4 Å². The number of nitro benzene ring substituents is 1. The van der Waals surface area contributed by atoms with E-state index in [4.69, 9.17) is 16.3 Å². The number of allylic oxidation sites excluding steroid dienone is 2. The Morgan fingerprint density at radius 1 is 1.09 bits per heavy atom. The summed E-state index contributed by atoms with van der Waals surface area (Å²) in [6.07, 6.45) is 5.58. The molecule has 162 valence electrons. The lowest BCUT2D eigenvalue weighted by Gasteiger charge is -2.38. The van der Waals surface area contributed by atoms with E-state index < -0.39 is 4.92 Å². The number of hydrogen-bond acceptors (Lipinski definition) is 4. The van der Waals surface area contributed by atoms with Gasteiger partial charge >= 0.3 is 0 Å². The molecule has 1 aliphatic carbocycles. The lowest BCUT2D eigenvalue weighted by atomic mass is 9.76. The second-order valence-electron chi connectivity index (χ2n) is 8.41. The van der Waals surface area contributed by atoms with Gasteiger partial charge in [-0.25, -0.2) is 0 Å². The molecule has 3 aromatic rings. The summed E-state index contributed by atoms with van der Waals surface area (Å²) < 4.78 is 5.89. The Morgan fingerprint density at radius 2 is 1.84 bits per heavy atom. The molecular weight excluding hydrogens is 424 g/mol. The van der Waals surface area contributed by atoms with Gasteiger partial charge in [-0.05, 0) is 66.3 Å². The third-order valence-corrected chi connectivity index (χ3v) is 6.80. The quantitative estimate of drug-likeness (QED) is 0.261. The number of benzene rings is 3. The Balaban J connectivity index is 1.33. The number of rotatable bonds is 5. The summed E-state index contributed by atoms with van der Waals surface area (Å²) in [6, 6.07) is 18.9. The van der Waals surface area contributed by atoms with Crippen molar-refractivity contribution in [1.82, 2.24) is 0 Å². The monoisotopic (exact) mass is 446 g/mol. The Labute approximate surface area is 191 Å². The van der Waals surface area contributed by atoms with E-state index in [1.54, 1.807) is 12.1 Å². The largest absolute Gasteiger partial charge is 0.489 e. The van der Waals surface area contributed by atoms with E-state index in [1.807, 2.05) is 18.2 Å². The summed E-state index contributed by atoms with van der Waals surface area (Å²) in [5.41, 5.74) is 5.75. The van der Waals surface area contributed by atoms with Crippen molar-refractivity contribution in [1.29, 1.82) is 0 Å². The average molecular weight is 447 g/mol. The molecule has 0 saturated carbocycles. The highest BCUT2D eigenvalue weighted by Gasteiger charge is 2.39. The summed E-state index contributed by atoms with van der Waals surface area (Å²) >= 11 is 6.58. The van der Waals surface area contributed by atoms with Crippen LogP contribution < -0.4 is 10.1 Å². The van der Waals surface area contributed by atoms with Gasteiger partial charge in [0, 0.05) is 34.3 Å². The molecule has 0 spiro atoms. The first-order valence-corrected chi connectivity index (χ1v) is 11.1. The zero-order chi connectivity index (χ0) is 22.2. The van der Waals surface area contributed by atoms with Gasteiger partial charge in [-0.15, -0.1) is 0 Å². The zero-order valence-corrected chi connectivity index (χ0v) is 18.4. The van der Waals surface area contributed by atoms with Crippen LogP contribution >= 0.6 is 11.6 Å². The highest BCUT2D eigenvalue weighted by molar-refractivity contribution is 6.32. The molecule has 3 aromatic carbocycles. The van der Waals surface area contributed by atoms with Gasteiger partial charge in [0.2, 0.25) is 0 Å². The number of anilines is 1. The van der Waals surface area contributed by atoms with Gasteiger partial charge in [-0.3, -0.25) is 10.1 Å². The van der Waals surface area contributed by atoms with Crippen LogP contribution in [0.2, 0.25) is 5.02 Å². The van der Waals surface area contributed by atoms with Crippen molar-refractivity contribution in [2.24, 2.45) is 5.92 Å². The minimum Gasteiger partial charge on any atom is -0.489 e. The lowest BCUT2D eigenvalue weighted by Crippen LogP contribution is -2.29. The second-order valence-corrected chi connectivity index (χ2v) is 8.82. The topological polar surface area (TPSA) is 64.4 Å². The number of aryl methyl sites for hydroxylation is 1. The van der Waals surface area contributed by atoms with Gasteiger partial charge in [0.1, 0.15) is 12.4 Å². The predicted octanol–water partition coefficient (Wildman–Crippen LogP) is 6.96. The fourth-order valence-electron chi connectivity index (χ4n) is 4.79. The Kier molecular flexibility index (Phi) is 5.35. The van der Waals surface area contributed by atoms with Crippen LogP contribution in [0.4, 0.5) is 11.4 Å². The van der Waals surface area contributed by atoms with Crippen LogP contribution in [0.15, 0.2) is 72.8 Å². The van der Waals surface area contributed by atoms with Crippen LogP contribution in [0, 0.1) is 23.0 Å². The summed E-state index contributed by atoms with van der Waals surface area (Å²) in [5, 5.41) is 15.4. The van der Waals surface area contributed by atoms with E-state index in [2.05, 4.69) is 42.6 Å². The first kappa shape index (κ1) is 20.6. The summed E-state index contributed by atoms with van der Waals surface area (Å²) in [5.74, 6) is 1.51. The van der Waals surface area contributed by atoms with E-state index in [9.17, 15) is 10.1 Å². The van der Waals surface area contributed by atoms with Gasteiger partial charge in [-0.2, -0.15) is 0 Å². The van der Waals surface area contributed by atoms with E-state index >= 15 is 0 Å². The summed E-state index contributed by atoms with van der Waals surface area (Å²) in [6.45, 7) is 2.48. The number of non-ortho nitro benzene ring substituents is 1. The fraction of sp³-hybridized carbons (Fsp3) is 0.231. The van der Waals surface area contributed by atoms with Gasteiger partial charge in [0.25, 0.3) is 5.69 Å². The molecule has 0 fully saturated rings. The third-order valence-electron chi connectivity index (χ3n) is 6.47. The van der Waals surface area contributed by atoms with Crippen LogP contribution in [0.5, 0.6) is 5.75 Å². The molecule has 3 atom stereocenters. The predicted molar refractivity (Wildman–Crippen MR) is 126 cm³/mol. The maximum absolute atomic E-state index is 10.8. The smallest absolute Gasteiger partial charge is 0.269 e. The van der Waals surface area contributed by atoms with Gasteiger partial charge in [0.05, 0.1) is 11.0 Å². The molecule has 2 aliphatic rings. The summed E-state index contributed by atoms with van der Waals surface area (Å²) in [7, 11) is 0. The van der Waals surface area contributed by atoms with Crippen molar-refractivity contribution in [2.45, 2.75) is 31.9 Å². The van der Waals surface area contributed by atoms with Crippen LogP contribution in [0.1, 0.15) is 40.6 Å². The van der Waals surface area contributed by atoms with Gasteiger partial charge in [0.15, 0.2) is 0 Å². The molecule has 0 aromatic heterocycles.